The highest BCUT2D eigenvalue weighted by Gasteiger charge is 1.91. The van der Waals surface area contributed by atoms with Gasteiger partial charge >= 0.3 is 0 Å². The van der Waals surface area contributed by atoms with Gasteiger partial charge in [-0.3, -0.25) is 4.79 Å². The zero-order chi connectivity index (χ0) is 13.2. The Morgan fingerprint density at radius 3 is 2.56 bits per heavy atom. The van der Waals surface area contributed by atoms with Crippen molar-refractivity contribution in [2.45, 2.75) is 39.5 Å². The largest absolute Gasteiger partial charge is 0.356 e. The van der Waals surface area contributed by atoms with Crippen LogP contribution < -0.4 is 5.32 Å². The topological polar surface area (TPSA) is 29.1 Å². The summed E-state index contributed by atoms with van der Waals surface area (Å²) in [5, 5.41) is 2.80. The molecule has 18 heavy (non-hydrogen) atoms. The highest BCUT2D eigenvalue weighted by atomic mass is 16.1. The maximum absolute atomic E-state index is 10.6. The first-order chi connectivity index (χ1) is 8.68. The Hall–Kier alpha value is -1.57. The molecule has 2 nitrogen and oxygen atoms in total. The predicted octanol–water partition coefficient (Wildman–Crippen LogP) is 3.40. The molecule has 1 aromatic carbocycles. The summed E-state index contributed by atoms with van der Waals surface area (Å²) in [6.07, 6.45) is 8.73. The molecule has 0 aliphatic rings. The number of hydrogen-bond donors (Lipinski definition) is 1. The lowest BCUT2D eigenvalue weighted by Gasteiger charge is -2.00. The summed E-state index contributed by atoms with van der Waals surface area (Å²) in [5.41, 5.74) is 2.66. The van der Waals surface area contributed by atoms with Crippen LogP contribution in [0, 0.1) is 6.92 Å². The Labute approximate surface area is 110 Å². The van der Waals surface area contributed by atoms with E-state index in [0.717, 1.165) is 32.2 Å². The molecule has 98 valence electrons. The van der Waals surface area contributed by atoms with E-state index in [1.165, 1.54) is 11.1 Å². The molecule has 0 spiro atoms. The van der Waals surface area contributed by atoms with Crippen molar-refractivity contribution >= 4 is 5.91 Å². The minimum atomic E-state index is 0.0601. The van der Waals surface area contributed by atoms with Gasteiger partial charge in [-0.15, -0.1) is 0 Å². The molecule has 0 unspecified atom stereocenters. The fourth-order valence-electron chi connectivity index (χ4n) is 1.71. The Balaban J connectivity index is 2.07. The van der Waals surface area contributed by atoms with Gasteiger partial charge in [-0.25, -0.2) is 0 Å². The van der Waals surface area contributed by atoms with Gasteiger partial charge in [-0.1, -0.05) is 42.0 Å². The molecule has 0 aliphatic carbocycles. The Morgan fingerprint density at radius 1 is 1.17 bits per heavy atom. The monoisotopic (exact) mass is 245 g/mol. The van der Waals surface area contributed by atoms with Gasteiger partial charge in [0, 0.05) is 13.5 Å². The van der Waals surface area contributed by atoms with E-state index in [0.29, 0.717) is 0 Å². The fourth-order valence-corrected chi connectivity index (χ4v) is 1.71. The fraction of sp³-hybridized carbons (Fsp3) is 0.438. The summed E-state index contributed by atoms with van der Waals surface area (Å²) >= 11 is 0. The minimum absolute atomic E-state index is 0.0601. The van der Waals surface area contributed by atoms with Crippen LogP contribution in [0.5, 0.6) is 0 Å². The Morgan fingerprint density at radius 2 is 1.89 bits per heavy atom. The lowest BCUT2D eigenvalue weighted by molar-refractivity contribution is -0.118. The molecule has 0 bridgehead atoms. The molecule has 0 heterocycles. The maximum Gasteiger partial charge on any atom is 0.216 e. The number of amides is 1. The zero-order valence-corrected chi connectivity index (χ0v) is 11.4. The van der Waals surface area contributed by atoms with Crippen LogP contribution in [0.15, 0.2) is 36.4 Å². The average Bonchev–Trinajstić information content (AvgIpc) is 2.34. The zero-order valence-electron chi connectivity index (χ0n) is 11.4. The number of carbonyl (C=O) groups is 1. The predicted molar refractivity (Wildman–Crippen MR) is 76.6 cm³/mol. The lowest BCUT2D eigenvalue weighted by atomic mass is 10.1. The molecule has 2 heteroatoms. The number of rotatable bonds is 7. The van der Waals surface area contributed by atoms with Crippen LogP contribution in [0.3, 0.4) is 0 Å². The number of benzene rings is 1. The van der Waals surface area contributed by atoms with Crippen LogP contribution in [0.4, 0.5) is 0 Å². The molecule has 1 rings (SSSR count). The third-order valence-electron chi connectivity index (χ3n) is 2.81. The molecule has 1 aromatic rings. The van der Waals surface area contributed by atoms with E-state index < -0.39 is 0 Å². The van der Waals surface area contributed by atoms with Gasteiger partial charge in [0.25, 0.3) is 0 Å². The van der Waals surface area contributed by atoms with E-state index >= 15 is 0 Å². The third-order valence-corrected chi connectivity index (χ3v) is 2.81. The van der Waals surface area contributed by atoms with Crippen molar-refractivity contribution < 1.29 is 4.79 Å². The Bertz CT molecular complexity index is 379. The summed E-state index contributed by atoms with van der Waals surface area (Å²) in [7, 11) is 0. The second-order valence-electron chi connectivity index (χ2n) is 4.64. The quantitative estimate of drug-likeness (QED) is 0.579. The van der Waals surface area contributed by atoms with Crippen molar-refractivity contribution in [2.24, 2.45) is 0 Å². The van der Waals surface area contributed by atoms with Crippen molar-refractivity contribution in [3.8, 4) is 0 Å². The lowest BCUT2D eigenvalue weighted by Crippen LogP contribution is -2.20. The SMILES string of the molecule is CC(=O)NCCCC/C=C\Cc1ccc(C)cc1. The summed E-state index contributed by atoms with van der Waals surface area (Å²) in [4.78, 5) is 10.6. The first-order valence-electron chi connectivity index (χ1n) is 6.63. The highest BCUT2D eigenvalue weighted by Crippen LogP contribution is 2.05. The van der Waals surface area contributed by atoms with Gasteiger partial charge in [0.05, 0.1) is 0 Å². The van der Waals surface area contributed by atoms with Crippen LogP contribution >= 0.6 is 0 Å². The number of carbonyl (C=O) groups excluding carboxylic acids is 1. The van der Waals surface area contributed by atoms with Gasteiger partial charge in [-0.05, 0) is 38.2 Å². The summed E-state index contributed by atoms with van der Waals surface area (Å²) in [5.74, 6) is 0.0601. The van der Waals surface area contributed by atoms with Crippen molar-refractivity contribution in [1.82, 2.24) is 5.32 Å². The standard InChI is InChI=1S/C16H23NO/c1-14-9-11-16(12-10-14)8-6-4-3-5-7-13-17-15(2)18/h4,6,9-12H,3,5,7-8,13H2,1-2H3,(H,17,18)/b6-4-. The van der Waals surface area contributed by atoms with Gasteiger partial charge in [0.1, 0.15) is 0 Å². The van der Waals surface area contributed by atoms with Crippen molar-refractivity contribution in [3.63, 3.8) is 0 Å². The minimum Gasteiger partial charge on any atom is -0.356 e. The van der Waals surface area contributed by atoms with Crippen LogP contribution in [0.2, 0.25) is 0 Å². The van der Waals surface area contributed by atoms with Gasteiger partial charge in [-0.2, -0.15) is 0 Å². The van der Waals surface area contributed by atoms with Gasteiger partial charge in [0.15, 0.2) is 0 Å². The van der Waals surface area contributed by atoms with Crippen LogP contribution in [-0.2, 0) is 11.2 Å². The molecule has 0 atom stereocenters. The Kier molecular flexibility index (Phi) is 6.85. The van der Waals surface area contributed by atoms with E-state index in [1.54, 1.807) is 6.92 Å². The molecule has 0 fully saturated rings. The first kappa shape index (κ1) is 14.5. The van der Waals surface area contributed by atoms with Crippen LogP contribution in [0.1, 0.15) is 37.3 Å². The van der Waals surface area contributed by atoms with E-state index in [4.69, 9.17) is 0 Å². The maximum atomic E-state index is 10.6. The number of hydrogen-bond acceptors (Lipinski definition) is 1. The molecule has 0 aliphatic heterocycles. The number of unbranched alkanes of at least 4 members (excludes halogenated alkanes) is 2. The number of nitrogens with one attached hydrogen (secondary N) is 1. The molecule has 0 aromatic heterocycles. The number of aryl methyl sites for hydroxylation is 1. The van der Waals surface area contributed by atoms with Gasteiger partial charge < -0.3 is 5.32 Å². The molecule has 0 saturated heterocycles. The summed E-state index contributed by atoms with van der Waals surface area (Å²) in [6, 6.07) is 8.65. The van der Waals surface area contributed by atoms with E-state index in [1.807, 2.05) is 0 Å². The first-order valence-corrected chi connectivity index (χ1v) is 6.63. The molecule has 1 N–H and O–H groups in total. The second-order valence-corrected chi connectivity index (χ2v) is 4.64. The number of allylic oxidation sites excluding steroid dienone is 2. The van der Waals surface area contributed by atoms with Crippen molar-refractivity contribution in [1.29, 1.82) is 0 Å². The highest BCUT2D eigenvalue weighted by molar-refractivity contribution is 5.72. The second kappa shape index (κ2) is 8.51. The van der Waals surface area contributed by atoms with E-state index in [9.17, 15) is 4.79 Å². The summed E-state index contributed by atoms with van der Waals surface area (Å²) in [6.45, 7) is 4.46. The van der Waals surface area contributed by atoms with Crippen molar-refractivity contribution in [3.05, 3.63) is 47.5 Å². The molecule has 0 saturated carbocycles. The molecular weight excluding hydrogens is 222 g/mol. The van der Waals surface area contributed by atoms with E-state index in [-0.39, 0.29) is 5.91 Å². The van der Waals surface area contributed by atoms with Crippen LogP contribution in [-0.4, -0.2) is 12.5 Å². The average molecular weight is 245 g/mol. The third kappa shape index (κ3) is 6.89. The summed E-state index contributed by atoms with van der Waals surface area (Å²) < 4.78 is 0. The van der Waals surface area contributed by atoms with Gasteiger partial charge in [0.2, 0.25) is 5.91 Å². The molecule has 0 radical (unpaired) electrons. The van der Waals surface area contributed by atoms with Crippen LogP contribution in [0.25, 0.3) is 0 Å². The smallest absolute Gasteiger partial charge is 0.216 e. The molecule has 1 amide bonds. The normalized spacial score (nSPS) is 10.8. The van der Waals surface area contributed by atoms with Crippen molar-refractivity contribution in [2.75, 3.05) is 6.54 Å². The molecular formula is C16H23NO. The van der Waals surface area contributed by atoms with E-state index in [2.05, 4.69) is 48.7 Å².